The van der Waals surface area contributed by atoms with Gasteiger partial charge in [0.05, 0.1) is 5.92 Å². The lowest BCUT2D eigenvalue weighted by Crippen LogP contribution is -2.52. The van der Waals surface area contributed by atoms with Crippen molar-refractivity contribution >= 4 is 12.4 Å². The summed E-state index contributed by atoms with van der Waals surface area (Å²) in [6, 6.07) is 0.567. The van der Waals surface area contributed by atoms with Gasteiger partial charge in [-0.1, -0.05) is 5.16 Å². The lowest BCUT2D eigenvalue weighted by molar-refractivity contribution is 0.0227. The Morgan fingerprint density at radius 3 is 2.50 bits per heavy atom. The zero-order valence-corrected chi connectivity index (χ0v) is 10.5. The van der Waals surface area contributed by atoms with Crippen LogP contribution >= 0.6 is 12.4 Å². The fraction of sp³-hybridized carbons (Fsp3) is 0.818. The maximum atomic E-state index is 5.34. The number of hydrogen-bond acceptors (Lipinski definition) is 4. The molecule has 1 aromatic rings. The maximum Gasteiger partial charge on any atom is 0.231 e. The van der Waals surface area contributed by atoms with E-state index < -0.39 is 0 Å². The molecule has 3 saturated heterocycles. The van der Waals surface area contributed by atoms with E-state index in [0.717, 1.165) is 17.6 Å². The highest BCUT2D eigenvalue weighted by molar-refractivity contribution is 5.85. The minimum atomic E-state index is 0. The van der Waals surface area contributed by atoms with Crippen LogP contribution in [0.1, 0.15) is 37.4 Å². The molecule has 16 heavy (non-hydrogen) atoms. The van der Waals surface area contributed by atoms with Gasteiger partial charge in [-0.05, 0) is 45.7 Å². The van der Waals surface area contributed by atoms with Crippen LogP contribution < -0.4 is 0 Å². The van der Waals surface area contributed by atoms with E-state index in [1.54, 1.807) is 0 Å². The predicted molar refractivity (Wildman–Crippen MR) is 62.8 cm³/mol. The van der Waals surface area contributed by atoms with Crippen LogP contribution in [-0.2, 0) is 0 Å². The lowest BCUT2D eigenvalue weighted by Gasteiger charge is -2.48. The summed E-state index contributed by atoms with van der Waals surface area (Å²) in [4.78, 5) is 6.94. The largest absolute Gasteiger partial charge is 0.339 e. The van der Waals surface area contributed by atoms with E-state index in [1.807, 2.05) is 6.92 Å². The van der Waals surface area contributed by atoms with Gasteiger partial charge in [-0.2, -0.15) is 4.98 Å². The van der Waals surface area contributed by atoms with E-state index in [-0.39, 0.29) is 12.4 Å². The number of hydrogen-bond donors (Lipinski definition) is 0. The van der Waals surface area contributed by atoms with Gasteiger partial charge in [0.25, 0.3) is 0 Å². The third kappa shape index (κ3) is 1.74. The van der Waals surface area contributed by atoms with Crippen molar-refractivity contribution in [3.8, 4) is 0 Å². The number of nitrogens with zero attached hydrogens (tertiary/aromatic N) is 3. The normalized spacial score (nSPS) is 37.1. The molecule has 3 aliphatic heterocycles. The molecule has 1 aromatic heterocycles. The van der Waals surface area contributed by atoms with Gasteiger partial charge in [0.1, 0.15) is 0 Å². The lowest BCUT2D eigenvalue weighted by atomic mass is 9.74. The Bertz CT molecular complexity index is 358. The van der Waals surface area contributed by atoms with E-state index >= 15 is 0 Å². The highest BCUT2D eigenvalue weighted by atomic mass is 35.5. The molecule has 0 saturated carbocycles. The molecule has 0 aliphatic carbocycles. The fourth-order valence-corrected chi connectivity index (χ4v) is 3.16. The third-order valence-corrected chi connectivity index (χ3v) is 4.01. The molecule has 0 radical (unpaired) electrons. The molecule has 2 atom stereocenters. The zero-order valence-electron chi connectivity index (χ0n) is 9.72. The van der Waals surface area contributed by atoms with Gasteiger partial charge in [-0.15, -0.1) is 12.4 Å². The van der Waals surface area contributed by atoms with Crippen molar-refractivity contribution in [3.63, 3.8) is 0 Å². The average molecular weight is 244 g/mol. The molecule has 3 aliphatic rings. The summed E-state index contributed by atoms with van der Waals surface area (Å²) in [5, 5.41) is 3.91. The molecule has 0 N–H and O–H groups in total. The molecule has 0 spiro atoms. The van der Waals surface area contributed by atoms with Gasteiger partial charge in [0, 0.05) is 6.04 Å². The summed E-state index contributed by atoms with van der Waals surface area (Å²) in [5.41, 5.74) is 0. The number of piperidine rings is 3. The molecule has 0 aromatic carbocycles. The minimum Gasteiger partial charge on any atom is -0.339 e. The van der Waals surface area contributed by atoms with E-state index in [4.69, 9.17) is 4.52 Å². The van der Waals surface area contributed by atoms with Crippen LogP contribution in [0.15, 0.2) is 4.52 Å². The topological polar surface area (TPSA) is 42.2 Å². The molecule has 2 unspecified atom stereocenters. The first kappa shape index (κ1) is 11.9. The first-order chi connectivity index (χ1) is 7.25. The number of rotatable bonds is 1. The number of aromatic nitrogens is 2. The summed E-state index contributed by atoms with van der Waals surface area (Å²) >= 11 is 0. The van der Waals surface area contributed by atoms with Gasteiger partial charge in [-0.25, -0.2) is 0 Å². The SMILES string of the molecule is Cc1noc(C2C3CCN(CC3)C2C)n1.Cl. The molecule has 4 heterocycles. The maximum absolute atomic E-state index is 5.34. The molecular formula is C11H18ClN3O. The second kappa shape index (κ2) is 4.34. The summed E-state index contributed by atoms with van der Waals surface area (Å²) in [6.45, 7) is 6.67. The van der Waals surface area contributed by atoms with Crippen molar-refractivity contribution < 1.29 is 4.52 Å². The second-order valence-corrected chi connectivity index (χ2v) is 4.82. The van der Waals surface area contributed by atoms with E-state index in [0.29, 0.717) is 12.0 Å². The molecule has 90 valence electrons. The monoisotopic (exact) mass is 243 g/mol. The van der Waals surface area contributed by atoms with Gasteiger partial charge >= 0.3 is 0 Å². The molecule has 3 fully saturated rings. The molecule has 0 amide bonds. The van der Waals surface area contributed by atoms with Crippen molar-refractivity contribution in [2.75, 3.05) is 13.1 Å². The van der Waals surface area contributed by atoms with Gasteiger partial charge in [0.2, 0.25) is 5.89 Å². The van der Waals surface area contributed by atoms with Crippen LogP contribution in [0.25, 0.3) is 0 Å². The summed E-state index contributed by atoms with van der Waals surface area (Å²) < 4.78 is 5.34. The Morgan fingerprint density at radius 2 is 2.00 bits per heavy atom. The number of aryl methyl sites for hydroxylation is 1. The van der Waals surface area contributed by atoms with E-state index in [2.05, 4.69) is 22.0 Å². The smallest absolute Gasteiger partial charge is 0.231 e. The predicted octanol–water partition coefficient (Wildman–Crippen LogP) is 2.00. The Labute approximate surface area is 102 Å². The standard InChI is InChI=1S/C11H17N3O.ClH/c1-7-10(11-12-8(2)13-15-11)9-3-5-14(7)6-4-9;/h7,9-10H,3-6H2,1-2H3;1H. The van der Waals surface area contributed by atoms with Crippen LogP contribution in [0.4, 0.5) is 0 Å². The molecule has 4 rings (SSSR count). The summed E-state index contributed by atoms with van der Waals surface area (Å²) in [7, 11) is 0. The van der Waals surface area contributed by atoms with Gasteiger partial charge < -0.3 is 4.52 Å². The Hall–Kier alpha value is -0.610. The first-order valence-electron chi connectivity index (χ1n) is 5.80. The number of halogens is 1. The summed E-state index contributed by atoms with van der Waals surface area (Å²) in [6.07, 6.45) is 2.58. The highest BCUT2D eigenvalue weighted by Crippen LogP contribution is 2.42. The van der Waals surface area contributed by atoms with Crippen molar-refractivity contribution in [3.05, 3.63) is 11.7 Å². The van der Waals surface area contributed by atoms with E-state index in [1.165, 1.54) is 25.9 Å². The zero-order chi connectivity index (χ0) is 10.4. The van der Waals surface area contributed by atoms with Crippen molar-refractivity contribution in [2.45, 2.75) is 38.6 Å². The Morgan fingerprint density at radius 1 is 1.31 bits per heavy atom. The average Bonchev–Trinajstić information content (AvgIpc) is 2.66. The van der Waals surface area contributed by atoms with Crippen molar-refractivity contribution in [1.82, 2.24) is 15.0 Å². The number of fused-ring (bicyclic) bond motifs is 3. The molecule has 2 bridgehead atoms. The minimum absolute atomic E-state index is 0. The van der Waals surface area contributed by atoms with Crippen LogP contribution in [-0.4, -0.2) is 34.2 Å². The van der Waals surface area contributed by atoms with Crippen LogP contribution in [0, 0.1) is 12.8 Å². The van der Waals surface area contributed by atoms with Gasteiger partial charge in [-0.3, -0.25) is 4.90 Å². The van der Waals surface area contributed by atoms with E-state index in [9.17, 15) is 0 Å². The van der Waals surface area contributed by atoms with Crippen LogP contribution in [0.3, 0.4) is 0 Å². The molecular weight excluding hydrogens is 226 g/mol. The van der Waals surface area contributed by atoms with Crippen LogP contribution in [0.2, 0.25) is 0 Å². The molecule has 5 heteroatoms. The molecule has 4 nitrogen and oxygen atoms in total. The quantitative estimate of drug-likeness (QED) is 0.757. The van der Waals surface area contributed by atoms with Gasteiger partial charge in [0.15, 0.2) is 5.82 Å². The summed E-state index contributed by atoms with van der Waals surface area (Å²) in [5.74, 6) is 2.83. The highest BCUT2D eigenvalue weighted by Gasteiger charge is 2.43. The fourth-order valence-electron chi connectivity index (χ4n) is 3.16. The third-order valence-electron chi connectivity index (χ3n) is 4.01. The van der Waals surface area contributed by atoms with Crippen molar-refractivity contribution in [2.24, 2.45) is 5.92 Å². The van der Waals surface area contributed by atoms with Crippen molar-refractivity contribution in [1.29, 1.82) is 0 Å². The first-order valence-corrected chi connectivity index (χ1v) is 5.80. The Balaban J connectivity index is 0.000000963. The second-order valence-electron chi connectivity index (χ2n) is 4.82. The van der Waals surface area contributed by atoms with Crippen LogP contribution in [0.5, 0.6) is 0 Å². The Kier molecular flexibility index (Phi) is 3.22.